The summed E-state index contributed by atoms with van der Waals surface area (Å²) in [6, 6.07) is 9.91. The lowest BCUT2D eigenvalue weighted by molar-refractivity contribution is -0.145. The van der Waals surface area contributed by atoms with Crippen molar-refractivity contribution in [1.82, 2.24) is 15.3 Å². The molecule has 1 aromatic carbocycles. The number of Topliss-reactive ketones (excluding diaryl/α,β-unsaturated/α-hetero) is 1. The Morgan fingerprint density at radius 1 is 1.14 bits per heavy atom. The number of thiophene rings is 1. The van der Waals surface area contributed by atoms with E-state index in [4.69, 9.17) is 0 Å². The van der Waals surface area contributed by atoms with Crippen molar-refractivity contribution >= 4 is 45.7 Å². The summed E-state index contributed by atoms with van der Waals surface area (Å²) in [5.74, 6) is -1.57. The number of carbonyl (C=O) groups excluding carboxylic acids is 2. The molecule has 10 heteroatoms. The Morgan fingerprint density at radius 2 is 1.90 bits per heavy atom. The average molecular weight is 439 g/mol. The van der Waals surface area contributed by atoms with E-state index < -0.39 is 12.0 Å². The number of rotatable bonds is 7. The molecule has 0 aliphatic carbocycles. The van der Waals surface area contributed by atoms with Crippen LogP contribution in [0.15, 0.2) is 41.4 Å². The third kappa shape index (κ3) is 5.54. The Kier molecular flexibility index (Phi) is 6.53. The summed E-state index contributed by atoms with van der Waals surface area (Å²) in [4.78, 5) is 32.1. The Morgan fingerprint density at radius 3 is 2.62 bits per heavy atom. The van der Waals surface area contributed by atoms with Crippen molar-refractivity contribution in [3.8, 4) is 0 Å². The fourth-order valence-electron chi connectivity index (χ4n) is 2.51. The first-order chi connectivity index (χ1) is 13.7. The van der Waals surface area contributed by atoms with Crippen LogP contribution in [0.1, 0.15) is 27.3 Å². The van der Waals surface area contributed by atoms with E-state index in [1.54, 1.807) is 24.3 Å². The highest BCUT2D eigenvalue weighted by Crippen LogP contribution is 2.32. The van der Waals surface area contributed by atoms with Gasteiger partial charge in [-0.2, -0.15) is 13.2 Å². The second kappa shape index (κ2) is 8.91. The third-order valence-electron chi connectivity index (χ3n) is 3.84. The molecule has 0 unspecified atom stereocenters. The van der Waals surface area contributed by atoms with Crippen molar-refractivity contribution in [2.75, 3.05) is 12.3 Å². The summed E-state index contributed by atoms with van der Waals surface area (Å²) in [7, 11) is 0. The van der Waals surface area contributed by atoms with E-state index >= 15 is 0 Å². The lowest BCUT2D eigenvalue weighted by atomic mass is 10.2. The van der Waals surface area contributed by atoms with Gasteiger partial charge in [0.15, 0.2) is 5.78 Å². The van der Waals surface area contributed by atoms with Gasteiger partial charge in [0.1, 0.15) is 5.03 Å². The maximum atomic E-state index is 13.1. The van der Waals surface area contributed by atoms with Crippen LogP contribution in [0, 0.1) is 0 Å². The minimum atomic E-state index is -4.67. The summed E-state index contributed by atoms with van der Waals surface area (Å²) in [6.07, 6.45) is -4.06. The first-order valence-electron chi connectivity index (χ1n) is 8.57. The van der Waals surface area contributed by atoms with Crippen LogP contribution in [0.2, 0.25) is 0 Å². The van der Waals surface area contributed by atoms with Gasteiger partial charge in [-0.25, -0.2) is 9.97 Å². The standard InChI is InChI=1S/C19H16F3N3O2S2/c1-11(26)23-9-8-12-6-7-16(29-12)15(27)10-28-17-13-4-2-3-5-14(13)24-18(25-17)19(20,21)22/h2-7H,8-10H2,1H3,(H,23,26). The van der Waals surface area contributed by atoms with Gasteiger partial charge in [0.2, 0.25) is 11.7 Å². The summed E-state index contributed by atoms with van der Waals surface area (Å²) >= 11 is 2.28. The highest BCUT2D eigenvalue weighted by Gasteiger charge is 2.35. The number of ketones is 1. The van der Waals surface area contributed by atoms with E-state index in [2.05, 4.69) is 15.3 Å². The number of para-hydroxylation sites is 1. The van der Waals surface area contributed by atoms with Crippen LogP contribution in [0.5, 0.6) is 0 Å². The van der Waals surface area contributed by atoms with Crippen LogP contribution in [0.25, 0.3) is 10.9 Å². The van der Waals surface area contributed by atoms with Crippen LogP contribution < -0.4 is 5.32 Å². The van der Waals surface area contributed by atoms with Gasteiger partial charge in [-0.3, -0.25) is 9.59 Å². The molecule has 1 amide bonds. The van der Waals surface area contributed by atoms with Gasteiger partial charge < -0.3 is 5.32 Å². The lowest BCUT2D eigenvalue weighted by Gasteiger charge is -2.10. The van der Waals surface area contributed by atoms with E-state index in [1.165, 1.54) is 24.3 Å². The molecule has 2 heterocycles. The number of alkyl halides is 3. The fraction of sp³-hybridized carbons (Fsp3) is 0.263. The molecule has 0 atom stereocenters. The number of benzene rings is 1. The molecule has 0 bridgehead atoms. The van der Waals surface area contributed by atoms with Gasteiger partial charge in [0.25, 0.3) is 0 Å². The second-order valence-electron chi connectivity index (χ2n) is 6.08. The maximum Gasteiger partial charge on any atom is 0.451 e. The van der Waals surface area contributed by atoms with Gasteiger partial charge in [0, 0.05) is 23.7 Å². The highest BCUT2D eigenvalue weighted by atomic mass is 32.2. The smallest absolute Gasteiger partial charge is 0.356 e. The monoisotopic (exact) mass is 439 g/mol. The van der Waals surface area contributed by atoms with Gasteiger partial charge >= 0.3 is 6.18 Å². The molecule has 0 spiro atoms. The number of fused-ring (bicyclic) bond motifs is 1. The number of nitrogens with zero attached hydrogens (tertiary/aromatic N) is 2. The number of hydrogen-bond acceptors (Lipinski definition) is 6. The second-order valence-corrected chi connectivity index (χ2v) is 8.21. The van der Waals surface area contributed by atoms with Crippen molar-refractivity contribution < 1.29 is 22.8 Å². The molecule has 5 nitrogen and oxygen atoms in total. The molecule has 0 saturated carbocycles. The normalized spacial score (nSPS) is 11.6. The minimum absolute atomic E-state index is 0.0377. The number of hydrogen-bond donors (Lipinski definition) is 1. The quantitative estimate of drug-likeness (QED) is 0.336. The van der Waals surface area contributed by atoms with Gasteiger partial charge in [-0.1, -0.05) is 30.0 Å². The topological polar surface area (TPSA) is 72.0 Å². The van der Waals surface area contributed by atoms with Crippen molar-refractivity contribution in [2.24, 2.45) is 0 Å². The zero-order chi connectivity index (χ0) is 21.0. The maximum absolute atomic E-state index is 13.1. The SMILES string of the molecule is CC(=O)NCCc1ccc(C(=O)CSc2nc(C(F)(F)F)nc3ccccc23)s1. The van der Waals surface area contributed by atoms with Gasteiger partial charge in [-0.15, -0.1) is 11.3 Å². The molecular weight excluding hydrogens is 423 g/mol. The predicted octanol–water partition coefficient (Wildman–Crippen LogP) is 4.36. The van der Waals surface area contributed by atoms with Crippen molar-refractivity contribution in [1.29, 1.82) is 0 Å². The molecule has 1 N–H and O–H groups in total. The number of carbonyl (C=O) groups is 2. The molecule has 3 aromatic rings. The average Bonchev–Trinajstić information content (AvgIpc) is 3.13. The van der Waals surface area contributed by atoms with E-state index in [0.717, 1.165) is 16.6 Å². The molecule has 0 radical (unpaired) electrons. The van der Waals surface area contributed by atoms with Gasteiger partial charge in [0.05, 0.1) is 16.1 Å². The van der Waals surface area contributed by atoms with Crippen LogP contribution in [-0.2, 0) is 17.4 Å². The highest BCUT2D eigenvalue weighted by molar-refractivity contribution is 8.00. The van der Waals surface area contributed by atoms with Crippen LogP contribution in [-0.4, -0.2) is 34.0 Å². The zero-order valence-corrected chi connectivity index (χ0v) is 16.9. The number of aromatic nitrogens is 2. The number of thioether (sulfide) groups is 1. The van der Waals surface area contributed by atoms with Crippen LogP contribution >= 0.6 is 23.1 Å². The molecule has 0 fully saturated rings. The van der Waals surface area contributed by atoms with Crippen LogP contribution in [0.3, 0.4) is 0 Å². The molecule has 0 aliphatic rings. The largest absolute Gasteiger partial charge is 0.451 e. The molecule has 2 aromatic heterocycles. The Balaban J connectivity index is 1.72. The van der Waals surface area contributed by atoms with E-state index in [9.17, 15) is 22.8 Å². The summed E-state index contributed by atoms with van der Waals surface area (Å²) in [6.45, 7) is 1.91. The first-order valence-corrected chi connectivity index (χ1v) is 10.4. The number of nitrogens with one attached hydrogen (secondary N) is 1. The molecule has 0 aliphatic heterocycles. The molecular formula is C19H16F3N3O2S2. The van der Waals surface area contributed by atoms with Gasteiger partial charge in [-0.05, 0) is 24.6 Å². The van der Waals surface area contributed by atoms with E-state index in [1.807, 2.05) is 6.07 Å². The molecule has 29 heavy (non-hydrogen) atoms. The Bertz CT molecular complexity index is 1050. The van der Waals surface area contributed by atoms with Crippen molar-refractivity contribution in [3.05, 3.63) is 52.0 Å². The summed E-state index contributed by atoms with van der Waals surface area (Å²) < 4.78 is 39.3. The van der Waals surface area contributed by atoms with Crippen molar-refractivity contribution in [3.63, 3.8) is 0 Å². The van der Waals surface area contributed by atoms with Crippen molar-refractivity contribution in [2.45, 2.75) is 24.5 Å². The molecule has 152 valence electrons. The van der Waals surface area contributed by atoms with E-state index in [0.29, 0.717) is 23.2 Å². The predicted molar refractivity (Wildman–Crippen MR) is 106 cm³/mol. The first kappa shape index (κ1) is 21.3. The molecule has 3 rings (SSSR count). The molecule has 0 saturated heterocycles. The minimum Gasteiger partial charge on any atom is -0.356 e. The number of halogens is 3. The van der Waals surface area contributed by atoms with E-state index in [-0.39, 0.29) is 28.0 Å². The Labute approximate surface area is 172 Å². The third-order valence-corrected chi connectivity index (χ3v) is 6.02. The summed E-state index contributed by atoms with van der Waals surface area (Å²) in [5, 5.41) is 3.28. The van der Waals surface area contributed by atoms with Crippen LogP contribution in [0.4, 0.5) is 13.2 Å². The zero-order valence-electron chi connectivity index (χ0n) is 15.2. The Hall–Kier alpha value is -2.46. The fourth-order valence-corrected chi connectivity index (χ4v) is 4.45. The summed E-state index contributed by atoms with van der Waals surface area (Å²) in [5.41, 5.74) is 0.182. The number of amides is 1. The lowest BCUT2D eigenvalue weighted by Crippen LogP contribution is -2.22.